The first kappa shape index (κ1) is 18.2. The molecule has 0 atom stereocenters. The van der Waals surface area contributed by atoms with Gasteiger partial charge in [0.15, 0.2) is 0 Å². The number of ether oxygens (including phenoxy) is 1. The Morgan fingerprint density at radius 2 is 2.07 bits per heavy atom. The molecule has 1 fully saturated rings. The van der Waals surface area contributed by atoms with E-state index in [0.29, 0.717) is 17.0 Å². The number of thiophene rings is 1. The van der Waals surface area contributed by atoms with Crippen LogP contribution in [-0.4, -0.2) is 48.7 Å². The highest BCUT2D eigenvalue weighted by Crippen LogP contribution is 2.26. The van der Waals surface area contributed by atoms with Crippen molar-refractivity contribution in [1.82, 2.24) is 15.3 Å². The van der Waals surface area contributed by atoms with E-state index in [0.717, 1.165) is 42.4 Å². The second kappa shape index (κ2) is 8.21. The maximum Gasteiger partial charge on any atom is 0.255 e. The first-order chi connectivity index (χ1) is 13.7. The van der Waals surface area contributed by atoms with Gasteiger partial charge in [-0.25, -0.2) is 9.97 Å². The van der Waals surface area contributed by atoms with E-state index >= 15 is 0 Å². The number of nitrogens with zero attached hydrogens (tertiary/aromatic N) is 4. The van der Waals surface area contributed by atoms with Gasteiger partial charge in [0.25, 0.3) is 5.91 Å². The molecule has 1 aliphatic heterocycles. The van der Waals surface area contributed by atoms with E-state index < -0.39 is 0 Å². The molecule has 0 aliphatic carbocycles. The fourth-order valence-corrected chi connectivity index (χ4v) is 3.82. The van der Waals surface area contributed by atoms with E-state index in [2.05, 4.69) is 37.6 Å². The summed E-state index contributed by atoms with van der Waals surface area (Å²) in [5, 5.41) is 16.1. The van der Waals surface area contributed by atoms with Crippen LogP contribution in [0.5, 0.6) is 0 Å². The second-order valence-electron chi connectivity index (χ2n) is 6.17. The minimum absolute atomic E-state index is 0.0398. The minimum Gasteiger partial charge on any atom is -0.378 e. The summed E-state index contributed by atoms with van der Waals surface area (Å²) in [5.41, 5.74) is 3.04. The van der Waals surface area contributed by atoms with Crippen molar-refractivity contribution in [3.05, 3.63) is 41.4 Å². The number of carbonyl (C=O) groups is 1. The maximum absolute atomic E-state index is 12.2. The molecule has 28 heavy (non-hydrogen) atoms. The lowest BCUT2D eigenvalue weighted by Crippen LogP contribution is -2.36. The van der Waals surface area contributed by atoms with Crippen molar-refractivity contribution in [1.29, 1.82) is 5.26 Å². The molecular formula is C19H18N6O2S. The van der Waals surface area contributed by atoms with Gasteiger partial charge in [-0.15, -0.1) is 11.3 Å². The highest BCUT2D eigenvalue weighted by Gasteiger charge is 2.15. The summed E-state index contributed by atoms with van der Waals surface area (Å²) in [5.74, 6) is 0.103. The molecule has 9 heteroatoms. The molecule has 3 aromatic rings. The quantitative estimate of drug-likeness (QED) is 0.641. The summed E-state index contributed by atoms with van der Waals surface area (Å²) in [6, 6.07) is 9.96. The smallest absolute Gasteiger partial charge is 0.255 e. The Labute approximate surface area is 165 Å². The second-order valence-corrected chi connectivity index (χ2v) is 7.08. The van der Waals surface area contributed by atoms with Crippen molar-refractivity contribution in [3.8, 4) is 6.07 Å². The van der Waals surface area contributed by atoms with Crippen molar-refractivity contribution in [2.75, 3.05) is 43.1 Å². The molecule has 0 radical (unpaired) electrons. The third kappa shape index (κ3) is 3.88. The van der Waals surface area contributed by atoms with Crippen molar-refractivity contribution in [2.24, 2.45) is 0 Å². The fraction of sp³-hybridized carbons (Fsp3) is 0.263. The molecule has 0 spiro atoms. The molecule has 4 rings (SSSR count). The summed E-state index contributed by atoms with van der Waals surface area (Å²) in [6.07, 6.45) is 1.69. The van der Waals surface area contributed by atoms with Gasteiger partial charge in [-0.3, -0.25) is 4.79 Å². The van der Waals surface area contributed by atoms with Crippen LogP contribution in [-0.2, 0) is 4.74 Å². The summed E-state index contributed by atoms with van der Waals surface area (Å²) in [7, 11) is 0. The molecule has 3 heterocycles. The maximum atomic E-state index is 12.2. The number of aromatic nitrogens is 2. The van der Waals surface area contributed by atoms with Crippen LogP contribution < -0.4 is 15.5 Å². The lowest BCUT2D eigenvalue weighted by atomic mass is 10.2. The molecule has 2 aromatic heterocycles. The standard InChI is InChI=1S/C19H18N6O2S/c20-5-6-21-18(26)15-12-28-16-11-22-19(24-17(15)16)23-13-1-3-14(4-2-13)25-7-9-27-10-8-25/h1-4,11-12H,6-10H2,(H,21,26)(H,22,23,24). The van der Waals surface area contributed by atoms with Crippen molar-refractivity contribution in [3.63, 3.8) is 0 Å². The molecule has 1 aromatic carbocycles. The van der Waals surface area contributed by atoms with E-state index in [4.69, 9.17) is 10.00 Å². The zero-order valence-corrected chi connectivity index (χ0v) is 15.8. The number of amides is 1. The number of anilines is 3. The molecule has 0 unspecified atom stereocenters. The van der Waals surface area contributed by atoms with Gasteiger partial charge in [0.05, 0.1) is 41.3 Å². The zero-order chi connectivity index (χ0) is 19.3. The average Bonchev–Trinajstić information content (AvgIpc) is 3.16. The topological polar surface area (TPSA) is 103 Å². The SMILES string of the molecule is N#CCNC(=O)c1csc2cnc(Nc3ccc(N4CCOCC4)cc3)nc12. The van der Waals surface area contributed by atoms with Crippen LogP contribution >= 0.6 is 11.3 Å². The van der Waals surface area contributed by atoms with Crippen LogP contribution in [0.25, 0.3) is 10.2 Å². The van der Waals surface area contributed by atoms with Gasteiger partial charge in [-0.05, 0) is 24.3 Å². The van der Waals surface area contributed by atoms with Crippen LogP contribution in [0.1, 0.15) is 10.4 Å². The average molecular weight is 394 g/mol. The van der Waals surface area contributed by atoms with Gasteiger partial charge in [0.1, 0.15) is 6.54 Å². The first-order valence-corrected chi connectivity index (χ1v) is 9.72. The number of morpholine rings is 1. The normalized spacial score (nSPS) is 13.9. The van der Waals surface area contributed by atoms with Gasteiger partial charge in [0.2, 0.25) is 5.95 Å². The zero-order valence-electron chi connectivity index (χ0n) is 15.0. The van der Waals surface area contributed by atoms with Crippen molar-refractivity contribution in [2.45, 2.75) is 0 Å². The third-order valence-corrected chi connectivity index (χ3v) is 5.29. The molecule has 0 bridgehead atoms. The summed E-state index contributed by atoms with van der Waals surface area (Å²) < 4.78 is 6.20. The van der Waals surface area contributed by atoms with Crippen LogP contribution in [0.4, 0.5) is 17.3 Å². The van der Waals surface area contributed by atoms with Crippen LogP contribution in [0.3, 0.4) is 0 Å². The summed E-state index contributed by atoms with van der Waals surface area (Å²) >= 11 is 1.40. The Hall–Kier alpha value is -3.22. The Morgan fingerprint density at radius 1 is 1.29 bits per heavy atom. The molecule has 8 nitrogen and oxygen atoms in total. The number of hydrogen-bond donors (Lipinski definition) is 2. The van der Waals surface area contributed by atoms with Gasteiger partial charge in [0, 0.05) is 29.8 Å². The Balaban J connectivity index is 1.51. The molecular weight excluding hydrogens is 376 g/mol. The Bertz CT molecular complexity index is 1020. The number of benzene rings is 1. The molecule has 142 valence electrons. The lowest BCUT2D eigenvalue weighted by Gasteiger charge is -2.28. The number of hydrogen-bond acceptors (Lipinski definition) is 8. The van der Waals surface area contributed by atoms with Crippen LogP contribution in [0.2, 0.25) is 0 Å². The lowest BCUT2D eigenvalue weighted by molar-refractivity contribution is 0.0960. The Kier molecular flexibility index (Phi) is 5.32. The highest BCUT2D eigenvalue weighted by molar-refractivity contribution is 7.17. The summed E-state index contributed by atoms with van der Waals surface area (Å²) in [4.78, 5) is 23.3. The van der Waals surface area contributed by atoms with E-state index in [1.54, 1.807) is 11.6 Å². The predicted octanol–water partition coefficient (Wildman–Crippen LogP) is 2.52. The van der Waals surface area contributed by atoms with E-state index in [-0.39, 0.29) is 12.5 Å². The van der Waals surface area contributed by atoms with Crippen LogP contribution in [0.15, 0.2) is 35.8 Å². The Morgan fingerprint density at radius 3 is 2.82 bits per heavy atom. The van der Waals surface area contributed by atoms with Gasteiger partial charge >= 0.3 is 0 Å². The molecule has 2 N–H and O–H groups in total. The fourth-order valence-electron chi connectivity index (χ4n) is 2.97. The van der Waals surface area contributed by atoms with Crippen LogP contribution in [0, 0.1) is 11.3 Å². The number of rotatable bonds is 5. The molecule has 1 aliphatic rings. The highest BCUT2D eigenvalue weighted by atomic mass is 32.1. The van der Waals surface area contributed by atoms with E-state index in [1.165, 1.54) is 11.3 Å². The van der Waals surface area contributed by atoms with Gasteiger partial charge in [-0.1, -0.05) is 0 Å². The molecule has 0 saturated carbocycles. The van der Waals surface area contributed by atoms with Crippen molar-refractivity contribution >= 4 is 44.8 Å². The van der Waals surface area contributed by atoms with E-state index in [1.807, 2.05) is 18.2 Å². The first-order valence-electron chi connectivity index (χ1n) is 8.84. The monoisotopic (exact) mass is 394 g/mol. The minimum atomic E-state index is -0.313. The largest absolute Gasteiger partial charge is 0.378 e. The molecule has 1 saturated heterocycles. The number of fused-ring (bicyclic) bond motifs is 1. The number of nitriles is 1. The van der Waals surface area contributed by atoms with Crippen molar-refractivity contribution < 1.29 is 9.53 Å². The summed E-state index contributed by atoms with van der Waals surface area (Å²) in [6.45, 7) is 3.24. The van der Waals surface area contributed by atoms with E-state index in [9.17, 15) is 4.79 Å². The van der Waals surface area contributed by atoms with Gasteiger partial charge in [-0.2, -0.15) is 5.26 Å². The number of nitrogens with one attached hydrogen (secondary N) is 2. The third-order valence-electron chi connectivity index (χ3n) is 4.39. The number of carbonyl (C=O) groups excluding carboxylic acids is 1. The molecule has 1 amide bonds. The van der Waals surface area contributed by atoms with Gasteiger partial charge < -0.3 is 20.3 Å². The predicted molar refractivity (Wildman–Crippen MR) is 108 cm³/mol.